The minimum atomic E-state index is 0.255. The van der Waals surface area contributed by atoms with Gasteiger partial charge < -0.3 is 10.2 Å². The van der Waals surface area contributed by atoms with Crippen molar-refractivity contribution in [3.8, 4) is 0 Å². The standard InChI is InChI=1S/C17H22ClN3/c1-13(19-2)16-8-7-15(12-17(16)18)21(3)11-9-14-6-4-5-10-20-14/h4-8,10,12-13,19H,9,11H2,1-3H3. The van der Waals surface area contributed by atoms with Crippen LogP contribution < -0.4 is 10.2 Å². The number of pyridine rings is 1. The highest BCUT2D eigenvalue weighted by Gasteiger charge is 2.10. The Hall–Kier alpha value is -1.58. The van der Waals surface area contributed by atoms with Gasteiger partial charge in [0.05, 0.1) is 0 Å². The number of hydrogen-bond donors (Lipinski definition) is 1. The van der Waals surface area contributed by atoms with Gasteiger partial charge in [-0.1, -0.05) is 23.7 Å². The molecule has 1 heterocycles. The quantitative estimate of drug-likeness (QED) is 0.882. The van der Waals surface area contributed by atoms with Crippen molar-refractivity contribution in [2.75, 3.05) is 25.5 Å². The summed E-state index contributed by atoms with van der Waals surface area (Å²) in [6.45, 7) is 3.01. The highest BCUT2D eigenvalue weighted by molar-refractivity contribution is 6.31. The van der Waals surface area contributed by atoms with Gasteiger partial charge >= 0.3 is 0 Å². The molecule has 0 aliphatic carbocycles. The zero-order valence-electron chi connectivity index (χ0n) is 12.8. The fourth-order valence-electron chi connectivity index (χ4n) is 2.22. The minimum absolute atomic E-state index is 0.255. The van der Waals surface area contributed by atoms with E-state index in [0.717, 1.165) is 34.9 Å². The van der Waals surface area contributed by atoms with E-state index in [1.54, 1.807) is 0 Å². The summed E-state index contributed by atoms with van der Waals surface area (Å²) in [4.78, 5) is 6.55. The van der Waals surface area contributed by atoms with Gasteiger partial charge in [-0.15, -0.1) is 0 Å². The predicted molar refractivity (Wildman–Crippen MR) is 90.1 cm³/mol. The zero-order chi connectivity index (χ0) is 15.2. The molecule has 1 N–H and O–H groups in total. The fourth-order valence-corrected chi connectivity index (χ4v) is 2.56. The van der Waals surface area contributed by atoms with Crippen molar-refractivity contribution < 1.29 is 0 Å². The molecule has 2 aromatic rings. The van der Waals surface area contributed by atoms with E-state index in [0.29, 0.717) is 0 Å². The zero-order valence-corrected chi connectivity index (χ0v) is 13.6. The van der Waals surface area contributed by atoms with Gasteiger partial charge in [0.1, 0.15) is 0 Å². The molecular weight excluding hydrogens is 282 g/mol. The Morgan fingerprint density at radius 3 is 2.71 bits per heavy atom. The van der Waals surface area contributed by atoms with Gasteiger partial charge in [-0.2, -0.15) is 0 Å². The predicted octanol–water partition coefficient (Wildman–Crippen LogP) is 3.69. The third-order valence-electron chi connectivity index (χ3n) is 3.75. The van der Waals surface area contributed by atoms with E-state index in [9.17, 15) is 0 Å². The molecule has 0 bridgehead atoms. The molecule has 1 aromatic carbocycles. The fraction of sp³-hybridized carbons (Fsp3) is 0.353. The summed E-state index contributed by atoms with van der Waals surface area (Å²) in [6.07, 6.45) is 2.75. The molecule has 0 amide bonds. The van der Waals surface area contributed by atoms with E-state index in [1.165, 1.54) is 0 Å². The molecule has 2 rings (SSSR count). The van der Waals surface area contributed by atoms with Gasteiger partial charge in [0.2, 0.25) is 0 Å². The number of likely N-dealkylation sites (N-methyl/N-ethyl adjacent to an activating group) is 1. The van der Waals surface area contributed by atoms with Crippen molar-refractivity contribution in [2.24, 2.45) is 0 Å². The monoisotopic (exact) mass is 303 g/mol. The lowest BCUT2D eigenvalue weighted by molar-refractivity contribution is 0.652. The smallest absolute Gasteiger partial charge is 0.0474 e. The van der Waals surface area contributed by atoms with Crippen molar-refractivity contribution in [1.29, 1.82) is 0 Å². The SMILES string of the molecule is CNC(C)c1ccc(N(C)CCc2ccccn2)cc1Cl. The second-order valence-corrected chi connectivity index (χ2v) is 5.62. The number of rotatable bonds is 6. The van der Waals surface area contributed by atoms with E-state index in [4.69, 9.17) is 11.6 Å². The van der Waals surface area contributed by atoms with Crippen molar-refractivity contribution in [1.82, 2.24) is 10.3 Å². The number of halogens is 1. The second kappa shape index (κ2) is 7.43. The van der Waals surface area contributed by atoms with Gasteiger partial charge in [0.15, 0.2) is 0 Å². The molecule has 0 spiro atoms. The van der Waals surface area contributed by atoms with Gasteiger partial charge in [0, 0.05) is 48.7 Å². The molecule has 112 valence electrons. The van der Waals surface area contributed by atoms with Crippen molar-refractivity contribution in [3.63, 3.8) is 0 Å². The van der Waals surface area contributed by atoms with Crippen LogP contribution in [0.15, 0.2) is 42.6 Å². The highest BCUT2D eigenvalue weighted by Crippen LogP contribution is 2.27. The molecule has 1 unspecified atom stereocenters. The number of benzene rings is 1. The van der Waals surface area contributed by atoms with Crippen LogP contribution in [-0.4, -0.2) is 25.6 Å². The molecule has 3 nitrogen and oxygen atoms in total. The Labute approximate surface area is 132 Å². The van der Waals surface area contributed by atoms with Crippen molar-refractivity contribution >= 4 is 17.3 Å². The molecular formula is C17H22ClN3. The van der Waals surface area contributed by atoms with Crippen molar-refractivity contribution in [2.45, 2.75) is 19.4 Å². The van der Waals surface area contributed by atoms with Gasteiger partial charge in [0.25, 0.3) is 0 Å². The summed E-state index contributed by atoms with van der Waals surface area (Å²) in [5.41, 5.74) is 3.36. The van der Waals surface area contributed by atoms with Crippen LogP contribution in [0.1, 0.15) is 24.2 Å². The topological polar surface area (TPSA) is 28.2 Å². The Bertz CT molecular complexity index is 572. The van der Waals surface area contributed by atoms with E-state index < -0.39 is 0 Å². The lowest BCUT2D eigenvalue weighted by Gasteiger charge is -2.21. The van der Waals surface area contributed by atoms with Crippen LogP contribution in [0, 0.1) is 0 Å². The van der Waals surface area contributed by atoms with Crippen molar-refractivity contribution in [3.05, 3.63) is 58.9 Å². The molecule has 21 heavy (non-hydrogen) atoms. The summed E-state index contributed by atoms with van der Waals surface area (Å²) in [7, 11) is 4.02. The number of nitrogens with one attached hydrogen (secondary N) is 1. The maximum atomic E-state index is 6.39. The minimum Gasteiger partial charge on any atom is -0.374 e. The third kappa shape index (κ3) is 4.19. The molecule has 0 aliphatic rings. The molecule has 4 heteroatoms. The first-order valence-corrected chi connectivity index (χ1v) is 7.57. The summed E-state index contributed by atoms with van der Waals surface area (Å²) in [6, 6.07) is 12.5. The van der Waals surface area contributed by atoms with Gasteiger partial charge in [-0.3, -0.25) is 4.98 Å². The molecule has 0 fully saturated rings. The molecule has 0 aliphatic heterocycles. The first-order chi connectivity index (χ1) is 10.1. The Morgan fingerprint density at radius 2 is 2.10 bits per heavy atom. The molecule has 1 aromatic heterocycles. The maximum Gasteiger partial charge on any atom is 0.0474 e. The Kier molecular flexibility index (Phi) is 5.59. The first-order valence-electron chi connectivity index (χ1n) is 7.19. The molecule has 1 atom stereocenters. The van der Waals surface area contributed by atoms with E-state index >= 15 is 0 Å². The number of nitrogens with zero attached hydrogens (tertiary/aromatic N) is 2. The molecule has 0 saturated heterocycles. The average molecular weight is 304 g/mol. The van der Waals surface area contributed by atoms with Crippen LogP contribution >= 0.6 is 11.6 Å². The summed E-state index contributed by atoms with van der Waals surface area (Å²) in [5.74, 6) is 0. The normalized spacial score (nSPS) is 12.2. The summed E-state index contributed by atoms with van der Waals surface area (Å²) in [5, 5.41) is 4.02. The maximum absolute atomic E-state index is 6.39. The number of aromatic nitrogens is 1. The Morgan fingerprint density at radius 1 is 1.29 bits per heavy atom. The average Bonchev–Trinajstić information content (AvgIpc) is 2.52. The van der Waals surface area contributed by atoms with E-state index in [2.05, 4.69) is 47.4 Å². The largest absolute Gasteiger partial charge is 0.374 e. The van der Waals surface area contributed by atoms with Gasteiger partial charge in [-0.05, 0) is 43.8 Å². The third-order valence-corrected chi connectivity index (χ3v) is 4.08. The lowest BCUT2D eigenvalue weighted by atomic mass is 10.1. The lowest BCUT2D eigenvalue weighted by Crippen LogP contribution is -2.21. The first kappa shape index (κ1) is 15.8. The van der Waals surface area contributed by atoms with Crippen LogP contribution in [0.4, 0.5) is 5.69 Å². The van der Waals surface area contributed by atoms with Crippen LogP contribution in [0.5, 0.6) is 0 Å². The van der Waals surface area contributed by atoms with Crippen LogP contribution in [0.25, 0.3) is 0 Å². The number of hydrogen-bond acceptors (Lipinski definition) is 3. The summed E-state index contributed by atoms with van der Waals surface area (Å²) < 4.78 is 0. The van der Waals surface area contributed by atoms with Gasteiger partial charge in [-0.25, -0.2) is 0 Å². The number of anilines is 1. The second-order valence-electron chi connectivity index (χ2n) is 5.21. The Balaban J connectivity index is 2.02. The van der Waals surface area contributed by atoms with Crippen LogP contribution in [0.2, 0.25) is 5.02 Å². The van der Waals surface area contributed by atoms with Crippen LogP contribution in [-0.2, 0) is 6.42 Å². The molecule has 0 saturated carbocycles. The molecule has 0 radical (unpaired) electrons. The highest BCUT2D eigenvalue weighted by atomic mass is 35.5. The van der Waals surface area contributed by atoms with Crippen LogP contribution in [0.3, 0.4) is 0 Å². The van der Waals surface area contributed by atoms with E-state index in [1.807, 2.05) is 31.4 Å². The summed E-state index contributed by atoms with van der Waals surface area (Å²) >= 11 is 6.39. The van der Waals surface area contributed by atoms with E-state index in [-0.39, 0.29) is 6.04 Å².